The van der Waals surface area contributed by atoms with E-state index in [4.69, 9.17) is 13.9 Å². The third-order valence-electron chi connectivity index (χ3n) is 5.98. The molecular formula is C18H32O3Si2. The van der Waals surface area contributed by atoms with E-state index in [2.05, 4.69) is 32.3 Å². The molecule has 2 saturated heterocycles. The fraction of sp³-hybridized carbons (Fsp3) is 0.778. The topological polar surface area (TPSA) is 31.6 Å². The molecule has 130 valence electrons. The van der Waals surface area contributed by atoms with Crippen LogP contribution in [0, 0.1) is 0 Å². The first-order chi connectivity index (χ1) is 11.0. The quantitative estimate of drug-likeness (QED) is 0.764. The lowest BCUT2D eigenvalue weighted by atomic mass is 9.96. The van der Waals surface area contributed by atoms with E-state index in [1.54, 1.807) is 0 Å². The molecule has 2 unspecified atom stereocenters. The number of hydrogen-bond acceptors (Lipinski definition) is 3. The van der Waals surface area contributed by atoms with Gasteiger partial charge in [0.1, 0.15) is 11.0 Å². The number of furan rings is 1. The van der Waals surface area contributed by atoms with E-state index in [-0.39, 0.29) is 10.4 Å². The van der Waals surface area contributed by atoms with E-state index in [0.717, 1.165) is 31.8 Å². The van der Waals surface area contributed by atoms with Crippen LogP contribution in [0.1, 0.15) is 49.8 Å². The summed E-state index contributed by atoms with van der Waals surface area (Å²) in [5.74, 6) is 1.13. The van der Waals surface area contributed by atoms with Crippen LogP contribution in [0.25, 0.3) is 0 Å². The van der Waals surface area contributed by atoms with Crippen LogP contribution in [0.3, 0.4) is 0 Å². The van der Waals surface area contributed by atoms with Gasteiger partial charge in [0, 0.05) is 18.8 Å². The van der Waals surface area contributed by atoms with Gasteiger partial charge < -0.3 is 13.9 Å². The van der Waals surface area contributed by atoms with Crippen molar-refractivity contribution in [2.45, 2.75) is 75.2 Å². The molecule has 23 heavy (non-hydrogen) atoms. The van der Waals surface area contributed by atoms with Crippen molar-refractivity contribution in [3.05, 3.63) is 23.7 Å². The van der Waals surface area contributed by atoms with E-state index in [0.29, 0.717) is 0 Å². The standard InChI is InChI=1S/C18H32O3Si2/c1-22(2)17(10-5-7-12-20-17)15-9-14-19-16(15)18(23(3)4)11-6-8-13-21-18/h9,14,22-23H,5-8,10-13H2,1-4H3. The molecule has 2 aliphatic heterocycles. The smallest absolute Gasteiger partial charge is 0.137 e. The minimum atomic E-state index is -1.08. The SMILES string of the molecule is C[SiH](C)C1(c2ccoc2C2([SiH](C)C)CCCCO2)CCCCO1. The molecule has 0 amide bonds. The van der Waals surface area contributed by atoms with Crippen LogP contribution < -0.4 is 0 Å². The largest absolute Gasteiger partial charge is 0.466 e. The molecule has 0 spiro atoms. The fourth-order valence-electron chi connectivity index (χ4n) is 4.48. The van der Waals surface area contributed by atoms with Gasteiger partial charge in [-0.1, -0.05) is 26.2 Å². The Morgan fingerprint density at radius 2 is 1.39 bits per heavy atom. The van der Waals surface area contributed by atoms with Gasteiger partial charge in [0.15, 0.2) is 0 Å². The van der Waals surface area contributed by atoms with Crippen molar-refractivity contribution in [1.29, 1.82) is 0 Å². The van der Waals surface area contributed by atoms with Crippen molar-refractivity contribution in [3.8, 4) is 0 Å². The Bertz CT molecular complexity index is 468. The second-order valence-corrected chi connectivity index (χ2v) is 14.3. The summed E-state index contributed by atoms with van der Waals surface area (Å²) in [7, 11) is -2.13. The lowest BCUT2D eigenvalue weighted by Gasteiger charge is -2.45. The van der Waals surface area contributed by atoms with Crippen LogP contribution >= 0.6 is 0 Å². The van der Waals surface area contributed by atoms with Gasteiger partial charge in [-0.15, -0.1) is 0 Å². The minimum absolute atomic E-state index is 0.0579. The molecule has 0 radical (unpaired) electrons. The zero-order valence-electron chi connectivity index (χ0n) is 15.2. The molecule has 2 atom stereocenters. The molecule has 0 aliphatic carbocycles. The molecule has 3 nitrogen and oxygen atoms in total. The molecule has 3 heterocycles. The average molecular weight is 353 g/mol. The Labute approximate surface area is 144 Å². The molecule has 0 saturated carbocycles. The summed E-state index contributed by atoms with van der Waals surface area (Å²) in [4.78, 5) is 0. The Morgan fingerprint density at radius 3 is 1.87 bits per heavy atom. The van der Waals surface area contributed by atoms with E-state index >= 15 is 0 Å². The second-order valence-electron chi connectivity index (χ2n) is 7.86. The van der Waals surface area contributed by atoms with Gasteiger partial charge in [0.05, 0.1) is 29.1 Å². The summed E-state index contributed by atoms with van der Waals surface area (Å²) >= 11 is 0. The second kappa shape index (κ2) is 6.86. The summed E-state index contributed by atoms with van der Waals surface area (Å²) in [6.07, 6.45) is 9.04. The van der Waals surface area contributed by atoms with E-state index < -0.39 is 17.6 Å². The third-order valence-corrected chi connectivity index (χ3v) is 11.2. The molecule has 2 fully saturated rings. The van der Waals surface area contributed by atoms with E-state index in [1.807, 2.05) is 6.26 Å². The van der Waals surface area contributed by atoms with Gasteiger partial charge in [-0.2, -0.15) is 0 Å². The maximum atomic E-state index is 6.49. The predicted octanol–water partition coefficient (Wildman–Crippen LogP) is 4.12. The Morgan fingerprint density at radius 1 is 0.826 bits per heavy atom. The van der Waals surface area contributed by atoms with Crippen molar-refractivity contribution >= 4 is 17.6 Å². The van der Waals surface area contributed by atoms with Gasteiger partial charge in [-0.05, 0) is 44.6 Å². The molecule has 5 heteroatoms. The maximum Gasteiger partial charge on any atom is 0.137 e. The van der Waals surface area contributed by atoms with Crippen LogP contribution in [-0.2, 0) is 19.9 Å². The zero-order chi connectivity index (χ0) is 16.5. The maximum absolute atomic E-state index is 6.49. The van der Waals surface area contributed by atoms with Gasteiger partial charge >= 0.3 is 0 Å². The van der Waals surface area contributed by atoms with Gasteiger partial charge in [0.25, 0.3) is 0 Å². The Balaban J connectivity index is 2.07. The molecule has 2 aliphatic rings. The molecule has 0 bridgehead atoms. The van der Waals surface area contributed by atoms with Crippen molar-refractivity contribution in [2.24, 2.45) is 0 Å². The van der Waals surface area contributed by atoms with E-state index in [1.165, 1.54) is 31.2 Å². The summed E-state index contributed by atoms with van der Waals surface area (Å²) in [5.41, 5.74) is 1.34. The summed E-state index contributed by atoms with van der Waals surface area (Å²) in [5, 5.41) is -0.189. The first-order valence-electron chi connectivity index (χ1n) is 9.39. The molecule has 3 rings (SSSR count). The average Bonchev–Trinajstić information content (AvgIpc) is 3.06. The lowest BCUT2D eigenvalue weighted by molar-refractivity contribution is -0.0530. The predicted molar refractivity (Wildman–Crippen MR) is 99.4 cm³/mol. The first-order valence-corrected chi connectivity index (χ1v) is 15.2. The van der Waals surface area contributed by atoms with Gasteiger partial charge in [0.2, 0.25) is 0 Å². The number of rotatable bonds is 4. The van der Waals surface area contributed by atoms with E-state index in [9.17, 15) is 0 Å². The molecule has 0 aromatic carbocycles. The van der Waals surface area contributed by atoms with Crippen LogP contribution in [0.2, 0.25) is 26.2 Å². The highest BCUT2D eigenvalue weighted by Crippen LogP contribution is 2.46. The highest BCUT2D eigenvalue weighted by molar-refractivity contribution is 6.60. The van der Waals surface area contributed by atoms with Crippen molar-refractivity contribution in [2.75, 3.05) is 13.2 Å². The molecular weight excluding hydrogens is 320 g/mol. The summed E-state index contributed by atoms with van der Waals surface area (Å²) in [6.45, 7) is 11.4. The normalized spacial score (nSPS) is 32.6. The number of ether oxygens (including phenoxy) is 2. The summed E-state index contributed by atoms with van der Waals surface area (Å²) < 4.78 is 19.1. The minimum Gasteiger partial charge on any atom is -0.466 e. The molecule has 1 aromatic heterocycles. The van der Waals surface area contributed by atoms with Crippen LogP contribution in [0.5, 0.6) is 0 Å². The van der Waals surface area contributed by atoms with Crippen molar-refractivity contribution in [1.82, 2.24) is 0 Å². The third kappa shape index (κ3) is 2.90. The highest BCUT2D eigenvalue weighted by Gasteiger charge is 2.49. The zero-order valence-corrected chi connectivity index (χ0v) is 17.5. The molecule has 0 N–H and O–H groups in total. The van der Waals surface area contributed by atoms with Gasteiger partial charge in [-0.25, -0.2) is 0 Å². The van der Waals surface area contributed by atoms with Gasteiger partial charge in [-0.3, -0.25) is 0 Å². The highest BCUT2D eigenvalue weighted by atomic mass is 28.3. The van der Waals surface area contributed by atoms with Crippen LogP contribution in [0.4, 0.5) is 0 Å². The number of hydrogen-bond donors (Lipinski definition) is 0. The lowest BCUT2D eigenvalue weighted by Crippen LogP contribution is -2.49. The molecule has 1 aromatic rings. The van der Waals surface area contributed by atoms with Crippen LogP contribution in [-0.4, -0.2) is 30.8 Å². The fourth-order valence-corrected chi connectivity index (χ4v) is 8.54. The van der Waals surface area contributed by atoms with Crippen molar-refractivity contribution < 1.29 is 13.9 Å². The Kier molecular flexibility index (Phi) is 5.21. The van der Waals surface area contributed by atoms with Crippen molar-refractivity contribution in [3.63, 3.8) is 0 Å². The monoisotopic (exact) mass is 352 g/mol. The Hall–Kier alpha value is -0.366. The first kappa shape index (κ1) is 17.5. The summed E-state index contributed by atoms with van der Waals surface area (Å²) in [6, 6.07) is 2.20. The van der Waals surface area contributed by atoms with Crippen LogP contribution in [0.15, 0.2) is 16.7 Å².